The van der Waals surface area contributed by atoms with E-state index < -0.39 is 0 Å². The average molecular weight is 332 g/mol. The molecule has 1 aliphatic rings. The van der Waals surface area contributed by atoms with Crippen LogP contribution in [0, 0.1) is 11.3 Å². The van der Waals surface area contributed by atoms with Gasteiger partial charge in [0.15, 0.2) is 5.82 Å². The average Bonchev–Trinajstić information content (AvgIpc) is 3.23. The number of nitriles is 1. The zero-order valence-electron chi connectivity index (χ0n) is 13.5. The van der Waals surface area contributed by atoms with Crippen molar-refractivity contribution in [3.63, 3.8) is 0 Å². The zero-order valence-corrected chi connectivity index (χ0v) is 13.5. The first-order chi connectivity index (χ1) is 12.3. The molecule has 124 valence electrons. The highest BCUT2D eigenvalue weighted by atomic mass is 15.3. The van der Waals surface area contributed by atoms with E-state index in [-0.39, 0.29) is 0 Å². The molecule has 4 heterocycles. The molecular formula is C17H16N8. The summed E-state index contributed by atoms with van der Waals surface area (Å²) in [5.74, 6) is 1.63. The van der Waals surface area contributed by atoms with E-state index in [0.717, 1.165) is 43.5 Å². The molecule has 0 N–H and O–H groups in total. The van der Waals surface area contributed by atoms with Crippen molar-refractivity contribution in [1.29, 1.82) is 5.26 Å². The van der Waals surface area contributed by atoms with Gasteiger partial charge in [-0.05, 0) is 12.1 Å². The van der Waals surface area contributed by atoms with Crippen LogP contribution < -0.4 is 9.80 Å². The van der Waals surface area contributed by atoms with Crippen molar-refractivity contribution < 1.29 is 0 Å². The maximum absolute atomic E-state index is 9.26. The summed E-state index contributed by atoms with van der Waals surface area (Å²) < 4.78 is 1.72. The SMILES string of the molecule is N#Cc1ccncc1N1CCN(c2cc(-n3cccn3)ncn2)CC1. The third-order valence-electron chi connectivity index (χ3n) is 4.24. The summed E-state index contributed by atoms with van der Waals surface area (Å²) in [5.41, 5.74) is 1.55. The molecule has 8 heteroatoms. The van der Waals surface area contributed by atoms with Gasteiger partial charge in [0.05, 0.1) is 17.4 Å². The van der Waals surface area contributed by atoms with Crippen LogP contribution in [0.4, 0.5) is 11.5 Å². The quantitative estimate of drug-likeness (QED) is 0.713. The smallest absolute Gasteiger partial charge is 0.158 e. The van der Waals surface area contributed by atoms with E-state index in [0.29, 0.717) is 5.56 Å². The lowest BCUT2D eigenvalue weighted by Crippen LogP contribution is -2.47. The molecule has 0 aliphatic carbocycles. The second-order valence-electron chi connectivity index (χ2n) is 5.66. The second kappa shape index (κ2) is 6.57. The van der Waals surface area contributed by atoms with Crippen molar-refractivity contribution in [1.82, 2.24) is 24.7 Å². The highest BCUT2D eigenvalue weighted by Crippen LogP contribution is 2.22. The number of anilines is 2. The van der Waals surface area contributed by atoms with Crippen molar-refractivity contribution in [2.75, 3.05) is 36.0 Å². The van der Waals surface area contributed by atoms with Crippen molar-refractivity contribution >= 4 is 11.5 Å². The normalized spacial score (nSPS) is 14.4. The lowest BCUT2D eigenvalue weighted by molar-refractivity contribution is 0.644. The molecule has 0 spiro atoms. The fraction of sp³-hybridized carbons (Fsp3) is 0.235. The fourth-order valence-corrected chi connectivity index (χ4v) is 2.95. The Balaban J connectivity index is 1.49. The number of nitrogens with zero attached hydrogens (tertiary/aromatic N) is 8. The van der Waals surface area contributed by atoms with E-state index in [1.54, 1.807) is 35.7 Å². The minimum Gasteiger partial charge on any atom is -0.366 e. The molecule has 0 bridgehead atoms. The summed E-state index contributed by atoms with van der Waals surface area (Å²) in [5, 5.41) is 13.5. The second-order valence-corrected chi connectivity index (χ2v) is 5.66. The van der Waals surface area contributed by atoms with Crippen LogP contribution in [-0.4, -0.2) is 50.9 Å². The maximum Gasteiger partial charge on any atom is 0.158 e. The highest BCUT2D eigenvalue weighted by molar-refractivity contribution is 5.58. The van der Waals surface area contributed by atoms with Crippen molar-refractivity contribution in [3.05, 3.63) is 54.9 Å². The standard InChI is InChI=1S/C17H16N8/c18-11-14-2-4-19-12-15(14)23-6-8-24(9-7-23)16-10-17(21-13-20-16)25-5-1-3-22-25/h1-5,10,12-13H,6-9H2. The molecule has 1 fully saturated rings. The minimum atomic E-state index is 0.659. The molecule has 25 heavy (non-hydrogen) atoms. The van der Waals surface area contributed by atoms with Crippen molar-refractivity contribution in [2.45, 2.75) is 0 Å². The first kappa shape index (κ1) is 15.1. The Hall–Kier alpha value is -3.47. The molecule has 8 nitrogen and oxygen atoms in total. The summed E-state index contributed by atoms with van der Waals surface area (Å²) in [6.07, 6.45) is 8.55. The molecule has 1 saturated heterocycles. The first-order valence-corrected chi connectivity index (χ1v) is 8.01. The van der Waals surface area contributed by atoms with Crippen LogP contribution in [0.25, 0.3) is 5.82 Å². The number of pyridine rings is 1. The van der Waals surface area contributed by atoms with Gasteiger partial charge in [0, 0.05) is 50.8 Å². The Kier molecular flexibility index (Phi) is 3.96. The third-order valence-corrected chi connectivity index (χ3v) is 4.24. The van der Waals surface area contributed by atoms with Gasteiger partial charge in [-0.3, -0.25) is 4.98 Å². The van der Waals surface area contributed by atoms with Crippen LogP contribution >= 0.6 is 0 Å². The van der Waals surface area contributed by atoms with Crippen LogP contribution in [0.3, 0.4) is 0 Å². The number of hydrogen-bond donors (Lipinski definition) is 0. The van der Waals surface area contributed by atoms with E-state index in [1.807, 2.05) is 18.3 Å². The fourth-order valence-electron chi connectivity index (χ4n) is 2.95. The Morgan fingerprint density at radius 1 is 1.00 bits per heavy atom. The topological polar surface area (TPSA) is 86.8 Å². The molecule has 0 saturated carbocycles. The van der Waals surface area contributed by atoms with Gasteiger partial charge in [-0.1, -0.05) is 0 Å². The van der Waals surface area contributed by atoms with Crippen LogP contribution in [0.15, 0.2) is 49.3 Å². The van der Waals surface area contributed by atoms with Crippen LogP contribution in [-0.2, 0) is 0 Å². The molecular weight excluding hydrogens is 316 g/mol. The van der Waals surface area contributed by atoms with E-state index in [2.05, 4.69) is 35.9 Å². The molecule has 0 atom stereocenters. The molecule has 0 amide bonds. The van der Waals surface area contributed by atoms with Gasteiger partial charge in [0.1, 0.15) is 18.2 Å². The number of hydrogen-bond acceptors (Lipinski definition) is 7. The van der Waals surface area contributed by atoms with Gasteiger partial charge in [0.25, 0.3) is 0 Å². The van der Waals surface area contributed by atoms with Crippen molar-refractivity contribution in [2.24, 2.45) is 0 Å². The summed E-state index contributed by atoms with van der Waals surface area (Å²) >= 11 is 0. The molecule has 4 rings (SSSR count). The lowest BCUT2D eigenvalue weighted by Gasteiger charge is -2.36. The zero-order chi connectivity index (χ0) is 17.1. The summed E-state index contributed by atoms with van der Waals surface area (Å²) in [7, 11) is 0. The Bertz CT molecular complexity index is 891. The van der Waals surface area contributed by atoms with E-state index >= 15 is 0 Å². The van der Waals surface area contributed by atoms with Gasteiger partial charge >= 0.3 is 0 Å². The monoisotopic (exact) mass is 332 g/mol. The molecule has 0 unspecified atom stereocenters. The largest absolute Gasteiger partial charge is 0.366 e. The van der Waals surface area contributed by atoms with E-state index in [9.17, 15) is 5.26 Å². The van der Waals surface area contributed by atoms with Crippen LogP contribution in [0.2, 0.25) is 0 Å². The van der Waals surface area contributed by atoms with Crippen LogP contribution in [0.5, 0.6) is 0 Å². The Morgan fingerprint density at radius 2 is 1.80 bits per heavy atom. The van der Waals surface area contributed by atoms with E-state index in [4.69, 9.17) is 0 Å². The predicted octanol–water partition coefficient (Wildman–Crippen LogP) is 1.26. The van der Waals surface area contributed by atoms with Gasteiger partial charge in [-0.15, -0.1) is 0 Å². The summed E-state index contributed by atoms with van der Waals surface area (Å²) in [6.45, 7) is 3.24. The Morgan fingerprint density at radius 3 is 2.56 bits per heavy atom. The lowest BCUT2D eigenvalue weighted by atomic mass is 10.2. The van der Waals surface area contributed by atoms with Gasteiger partial charge in [-0.25, -0.2) is 14.6 Å². The van der Waals surface area contributed by atoms with Crippen LogP contribution in [0.1, 0.15) is 5.56 Å². The number of rotatable bonds is 3. The first-order valence-electron chi connectivity index (χ1n) is 8.01. The van der Waals surface area contributed by atoms with E-state index in [1.165, 1.54) is 0 Å². The Labute approximate surface area is 145 Å². The summed E-state index contributed by atoms with van der Waals surface area (Å²) in [6, 6.07) is 7.79. The maximum atomic E-state index is 9.26. The minimum absolute atomic E-state index is 0.659. The summed E-state index contributed by atoms with van der Waals surface area (Å²) in [4.78, 5) is 17.2. The van der Waals surface area contributed by atoms with Crippen molar-refractivity contribution in [3.8, 4) is 11.9 Å². The third kappa shape index (κ3) is 2.99. The molecule has 0 radical (unpaired) electrons. The number of aromatic nitrogens is 5. The van der Waals surface area contributed by atoms with Gasteiger partial charge in [0.2, 0.25) is 0 Å². The molecule has 3 aromatic rings. The highest BCUT2D eigenvalue weighted by Gasteiger charge is 2.20. The van der Waals surface area contributed by atoms with Gasteiger partial charge in [-0.2, -0.15) is 10.4 Å². The number of piperazine rings is 1. The molecule has 0 aromatic carbocycles. The molecule has 3 aromatic heterocycles. The van der Waals surface area contributed by atoms with Gasteiger partial charge < -0.3 is 9.80 Å². The molecule has 1 aliphatic heterocycles. The predicted molar refractivity (Wildman–Crippen MR) is 92.5 cm³/mol.